The van der Waals surface area contributed by atoms with Crippen LogP contribution in [-0.2, 0) is 14.3 Å². The van der Waals surface area contributed by atoms with E-state index in [1.807, 2.05) is 32.1 Å². The second-order valence-corrected chi connectivity index (χ2v) is 6.45. The SMILES string of the molecule is CCOC(=O)C1CCN(C(=O)/C=C/c2ccc(C)s2)CC1. The summed E-state index contributed by atoms with van der Waals surface area (Å²) in [4.78, 5) is 27.9. The van der Waals surface area contributed by atoms with Gasteiger partial charge in [0, 0.05) is 28.9 Å². The number of rotatable bonds is 4. The highest BCUT2D eigenvalue weighted by Gasteiger charge is 2.27. The number of piperidine rings is 1. The molecule has 1 amide bonds. The van der Waals surface area contributed by atoms with Crippen LogP contribution in [0.5, 0.6) is 0 Å². The van der Waals surface area contributed by atoms with Gasteiger partial charge in [0.2, 0.25) is 5.91 Å². The molecule has 0 unspecified atom stereocenters. The number of carbonyl (C=O) groups is 2. The molecule has 0 aromatic carbocycles. The number of likely N-dealkylation sites (tertiary alicyclic amines) is 1. The number of hydrogen-bond acceptors (Lipinski definition) is 4. The van der Waals surface area contributed by atoms with Gasteiger partial charge in [-0.3, -0.25) is 9.59 Å². The summed E-state index contributed by atoms with van der Waals surface area (Å²) in [5.74, 6) is -0.171. The largest absolute Gasteiger partial charge is 0.466 e. The standard InChI is InChI=1S/C16H21NO3S/c1-3-20-16(19)13-8-10-17(11-9-13)15(18)7-6-14-5-4-12(2)21-14/h4-7,13H,3,8-11H2,1-2H3/b7-6+. The Balaban J connectivity index is 1.83. The molecule has 1 aromatic heterocycles. The van der Waals surface area contributed by atoms with Gasteiger partial charge in [-0.05, 0) is 44.9 Å². The van der Waals surface area contributed by atoms with Crippen LogP contribution >= 0.6 is 11.3 Å². The average Bonchev–Trinajstić information content (AvgIpc) is 2.91. The lowest BCUT2D eigenvalue weighted by Gasteiger charge is -2.30. The highest BCUT2D eigenvalue weighted by atomic mass is 32.1. The van der Waals surface area contributed by atoms with E-state index in [1.54, 1.807) is 22.3 Å². The molecule has 0 saturated carbocycles. The smallest absolute Gasteiger partial charge is 0.309 e. The summed E-state index contributed by atoms with van der Waals surface area (Å²) in [5, 5.41) is 0. The van der Waals surface area contributed by atoms with Crippen LogP contribution in [0.3, 0.4) is 0 Å². The van der Waals surface area contributed by atoms with Gasteiger partial charge in [-0.1, -0.05) is 0 Å². The molecule has 114 valence electrons. The van der Waals surface area contributed by atoms with Crippen molar-refractivity contribution in [3.63, 3.8) is 0 Å². The maximum absolute atomic E-state index is 12.1. The van der Waals surface area contributed by atoms with Crippen LogP contribution in [0.25, 0.3) is 6.08 Å². The summed E-state index contributed by atoms with van der Waals surface area (Å²) in [7, 11) is 0. The summed E-state index contributed by atoms with van der Waals surface area (Å²) in [6.07, 6.45) is 4.86. The van der Waals surface area contributed by atoms with Gasteiger partial charge in [0.05, 0.1) is 12.5 Å². The zero-order valence-corrected chi connectivity index (χ0v) is 13.3. The molecule has 1 aliphatic rings. The second-order valence-electron chi connectivity index (χ2n) is 5.13. The maximum atomic E-state index is 12.1. The molecule has 0 N–H and O–H groups in total. The van der Waals surface area contributed by atoms with Gasteiger partial charge in [0.25, 0.3) is 0 Å². The van der Waals surface area contributed by atoms with E-state index >= 15 is 0 Å². The van der Waals surface area contributed by atoms with Crippen LogP contribution in [0.4, 0.5) is 0 Å². The number of esters is 1. The second kappa shape index (κ2) is 7.41. The van der Waals surface area contributed by atoms with Crippen LogP contribution < -0.4 is 0 Å². The molecule has 1 aromatic rings. The Labute approximate surface area is 129 Å². The van der Waals surface area contributed by atoms with Crippen molar-refractivity contribution in [3.05, 3.63) is 28.0 Å². The van der Waals surface area contributed by atoms with Crippen molar-refractivity contribution in [3.8, 4) is 0 Å². The van der Waals surface area contributed by atoms with Gasteiger partial charge in [-0.25, -0.2) is 0 Å². The van der Waals surface area contributed by atoms with Gasteiger partial charge in [0.1, 0.15) is 0 Å². The molecule has 0 aliphatic carbocycles. The van der Waals surface area contributed by atoms with Crippen molar-refractivity contribution in [2.24, 2.45) is 5.92 Å². The lowest BCUT2D eigenvalue weighted by molar-refractivity contribution is -0.150. The highest BCUT2D eigenvalue weighted by molar-refractivity contribution is 7.12. The molecule has 0 spiro atoms. The zero-order valence-electron chi connectivity index (χ0n) is 12.5. The highest BCUT2D eigenvalue weighted by Crippen LogP contribution is 2.20. The Morgan fingerprint density at radius 2 is 2.10 bits per heavy atom. The van der Waals surface area contributed by atoms with E-state index in [2.05, 4.69) is 0 Å². The van der Waals surface area contributed by atoms with Gasteiger partial charge < -0.3 is 9.64 Å². The molecule has 4 nitrogen and oxygen atoms in total. The Morgan fingerprint density at radius 3 is 2.67 bits per heavy atom. The minimum Gasteiger partial charge on any atom is -0.466 e. The van der Waals surface area contributed by atoms with Crippen molar-refractivity contribution in [2.75, 3.05) is 19.7 Å². The molecular formula is C16H21NO3S. The first-order valence-corrected chi connectivity index (χ1v) is 8.12. The fourth-order valence-electron chi connectivity index (χ4n) is 2.40. The van der Waals surface area contributed by atoms with Crippen molar-refractivity contribution in [1.29, 1.82) is 0 Å². The number of ether oxygens (including phenoxy) is 1. The van der Waals surface area contributed by atoms with E-state index in [0.29, 0.717) is 32.5 Å². The number of nitrogens with zero attached hydrogens (tertiary/aromatic N) is 1. The maximum Gasteiger partial charge on any atom is 0.309 e. The van der Waals surface area contributed by atoms with Crippen LogP contribution in [0.15, 0.2) is 18.2 Å². The van der Waals surface area contributed by atoms with Crippen LogP contribution in [0, 0.1) is 12.8 Å². The molecule has 0 atom stereocenters. The topological polar surface area (TPSA) is 46.6 Å². The molecule has 5 heteroatoms. The molecule has 2 rings (SSSR count). The summed E-state index contributed by atoms with van der Waals surface area (Å²) < 4.78 is 5.03. The Morgan fingerprint density at radius 1 is 1.38 bits per heavy atom. The third-order valence-corrected chi connectivity index (χ3v) is 4.54. The first-order chi connectivity index (χ1) is 10.1. The predicted molar refractivity (Wildman–Crippen MR) is 84.0 cm³/mol. The van der Waals surface area contributed by atoms with E-state index in [-0.39, 0.29) is 17.8 Å². The van der Waals surface area contributed by atoms with Gasteiger partial charge in [0.15, 0.2) is 0 Å². The molecular weight excluding hydrogens is 286 g/mol. The van der Waals surface area contributed by atoms with Crippen molar-refractivity contribution in [2.45, 2.75) is 26.7 Å². The minimum atomic E-state index is -0.130. The quantitative estimate of drug-likeness (QED) is 0.635. The average molecular weight is 307 g/mol. The Bertz CT molecular complexity index is 527. The van der Waals surface area contributed by atoms with Crippen LogP contribution in [-0.4, -0.2) is 36.5 Å². The van der Waals surface area contributed by atoms with E-state index in [9.17, 15) is 9.59 Å². The molecule has 0 bridgehead atoms. The van der Waals surface area contributed by atoms with E-state index in [1.165, 1.54) is 4.88 Å². The fraction of sp³-hybridized carbons (Fsp3) is 0.500. The van der Waals surface area contributed by atoms with Crippen molar-refractivity contribution < 1.29 is 14.3 Å². The van der Waals surface area contributed by atoms with Gasteiger partial charge in [-0.2, -0.15) is 0 Å². The predicted octanol–water partition coefficient (Wildman–Crippen LogP) is 2.87. The summed E-state index contributed by atoms with van der Waals surface area (Å²) in [5.41, 5.74) is 0. The van der Waals surface area contributed by atoms with E-state index < -0.39 is 0 Å². The molecule has 1 fully saturated rings. The number of hydrogen-bond donors (Lipinski definition) is 0. The van der Waals surface area contributed by atoms with Crippen molar-refractivity contribution >= 4 is 29.3 Å². The normalized spacial score (nSPS) is 16.4. The number of amides is 1. The van der Waals surface area contributed by atoms with Gasteiger partial charge in [-0.15, -0.1) is 11.3 Å². The number of aryl methyl sites for hydroxylation is 1. The minimum absolute atomic E-state index is 0.0170. The Hall–Kier alpha value is -1.62. The number of carbonyl (C=O) groups excluding carboxylic acids is 2. The molecule has 1 aliphatic heterocycles. The molecule has 1 saturated heterocycles. The number of thiophene rings is 1. The molecule has 21 heavy (non-hydrogen) atoms. The lowest BCUT2D eigenvalue weighted by atomic mass is 9.97. The fourth-order valence-corrected chi connectivity index (χ4v) is 3.18. The lowest BCUT2D eigenvalue weighted by Crippen LogP contribution is -2.39. The van der Waals surface area contributed by atoms with Crippen LogP contribution in [0.2, 0.25) is 0 Å². The van der Waals surface area contributed by atoms with E-state index in [4.69, 9.17) is 4.74 Å². The first kappa shape index (κ1) is 15.8. The Kier molecular flexibility index (Phi) is 5.56. The monoisotopic (exact) mass is 307 g/mol. The molecule has 2 heterocycles. The first-order valence-electron chi connectivity index (χ1n) is 7.30. The van der Waals surface area contributed by atoms with Gasteiger partial charge >= 0.3 is 5.97 Å². The van der Waals surface area contributed by atoms with Crippen LogP contribution in [0.1, 0.15) is 29.5 Å². The third kappa shape index (κ3) is 4.43. The summed E-state index contributed by atoms with van der Waals surface area (Å²) in [6, 6.07) is 4.05. The summed E-state index contributed by atoms with van der Waals surface area (Å²) in [6.45, 7) is 5.52. The van der Waals surface area contributed by atoms with E-state index in [0.717, 1.165) is 4.88 Å². The summed E-state index contributed by atoms with van der Waals surface area (Å²) >= 11 is 1.67. The van der Waals surface area contributed by atoms with Crippen molar-refractivity contribution in [1.82, 2.24) is 4.90 Å². The third-order valence-electron chi connectivity index (χ3n) is 3.58. The zero-order chi connectivity index (χ0) is 15.2. The molecule has 0 radical (unpaired) electrons.